The van der Waals surface area contributed by atoms with E-state index in [0.717, 1.165) is 23.4 Å². The van der Waals surface area contributed by atoms with Crippen molar-refractivity contribution < 1.29 is 4.79 Å². The highest BCUT2D eigenvalue weighted by Gasteiger charge is 2.18. The highest BCUT2D eigenvalue weighted by molar-refractivity contribution is 7.13. The first-order chi connectivity index (χ1) is 12.1. The Labute approximate surface area is 160 Å². The van der Waals surface area contributed by atoms with Gasteiger partial charge in [0.25, 0.3) is 5.91 Å². The summed E-state index contributed by atoms with van der Waals surface area (Å²) >= 11 is 13.7. The van der Waals surface area contributed by atoms with Crippen molar-refractivity contribution in [2.24, 2.45) is 0 Å². The fourth-order valence-electron chi connectivity index (χ4n) is 2.37. The Morgan fingerprint density at radius 3 is 2.76 bits per heavy atom. The van der Waals surface area contributed by atoms with Gasteiger partial charge in [-0.25, -0.2) is 4.68 Å². The summed E-state index contributed by atoms with van der Waals surface area (Å²) in [5.74, 6) is -0.158. The van der Waals surface area contributed by atoms with Crippen molar-refractivity contribution in [1.29, 1.82) is 0 Å². The molecule has 0 fully saturated rings. The number of carbonyl (C=O) groups excluding carboxylic acids is 1. The van der Waals surface area contributed by atoms with Crippen molar-refractivity contribution in [1.82, 2.24) is 15.1 Å². The minimum absolute atomic E-state index is 0.158. The van der Waals surface area contributed by atoms with Crippen molar-refractivity contribution in [3.8, 4) is 16.3 Å². The van der Waals surface area contributed by atoms with Crippen LogP contribution in [-0.2, 0) is 0 Å². The first-order valence-corrected chi connectivity index (χ1v) is 9.61. The molecule has 0 bridgehead atoms. The van der Waals surface area contributed by atoms with Crippen molar-refractivity contribution in [2.75, 3.05) is 6.54 Å². The standard InChI is InChI=1S/C18H17Cl2N3OS/c1-2-3-8-21-18(24)16-11-15(17-5-4-9-25-17)22-23(16)12-6-7-13(19)14(20)10-12/h4-7,9-11H,2-3,8H2,1H3,(H,21,24). The van der Waals surface area contributed by atoms with Gasteiger partial charge in [0.05, 0.1) is 20.6 Å². The molecule has 1 amide bonds. The van der Waals surface area contributed by atoms with Crippen LogP contribution in [0.5, 0.6) is 0 Å². The quantitative estimate of drug-likeness (QED) is 0.566. The summed E-state index contributed by atoms with van der Waals surface area (Å²) < 4.78 is 1.61. The molecule has 130 valence electrons. The van der Waals surface area contributed by atoms with E-state index in [0.29, 0.717) is 28.0 Å². The van der Waals surface area contributed by atoms with Crippen LogP contribution in [0.1, 0.15) is 30.3 Å². The van der Waals surface area contributed by atoms with Crippen molar-refractivity contribution in [3.63, 3.8) is 0 Å². The summed E-state index contributed by atoms with van der Waals surface area (Å²) in [6.45, 7) is 2.72. The molecule has 0 aliphatic carbocycles. The van der Waals surface area contributed by atoms with Crippen LogP contribution in [-0.4, -0.2) is 22.2 Å². The van der Waals surface area contributed by atoms with E-state index in [1.165, 1.54) is 0 Å². The molecule has 0 unspecified atom stereocenters. The van der Waals surface area contributed by atoms with Gasteiger partial charge in [0.1, 0.15) is 11.4 Å². The molecule has 4 nitrogen and oxygen atoms in total. The van der Waals surface area contributed by atoms with Crippen LogP contribution in [0, 0.1) is 0 Å². The van der Waals surface area contributed by atoms with Gasteiger partial charge in [0.2, 0.25) is 0 Å². The van der Waals surface area contributed by atoms with E-state index in [-0.39, 0.29) is 5.91 Å². The normalized spacial score (nSPS) is 10.8. The summed E-state index contributed by atoms with van der Waals surface area (Å²) in [6, 6.07) is 10.9. The van der Waals surface area contributed by atoms with E-state index < -0.39 is 0 Å². The van der Waals surface area contributed by atoms with Crippen molar-refractivity contribution in [3.05, 3.63) is 57.5 Å². The third-order valence-electron chi connectivity index (χ3n) is 3.68. The van der Waals surface area contributed by atoms with Crippen LogP contribution in [0.3, 0.4) is 0 Å². The summed E-state index contributed by atoms with van der Waals surface area (Å²) in [5, 5.41) is 10.4. The highest BCUT2D eigenvalue weighted by Crippen LogP contribution is 2.28. The molecule has 7 heteroatoms. The van der Waals surface area contributed by atoms with Crippen molar-refractivity contribution >= 4 is 40.4 Å². The predicted octanol–water partition coefficient (Wildman–Crippen LogP) is 5.44. The largest absolute Gasteiger partial charge is 0.351 e. The number of halogens is 2. The Hall–Kier alpha value is -1.82. The smallest absolute Gasteiger partial charge is 0.270 e. The fraction of sp³-hybridized carbons (Fsp3) is 0.222. The van der Waals surface area contributed by atoms with Crippen LogP contribution < -0.4 is 5.32 Å². The van der Waals surface area contributed by atoms with Crippen LogP contribution >= 0.6 is 34.5 Å². The third kappa shape index (κ3) is 4.06. The molecule has 0 atom stereocenters. The van der Waals surface area contributed by atoms with E-state index in [2.05, 4.69) is 17.3 Å². The number of unbranched alkanes of at least 4 members (excludes halogenated alkanes) is 1. The Morgan fingerprint density at radius 1 is 1.24 bits per heavy atom. The molecular formula is C18H17Cl2N3OS. The molecule has 2 aromatic heterocycles. The minimum atomic E-state index is -0.158. The lowest BCUT2D eigenvalue weighted by atomic mass is 10.2. The topological polar surface area (TPSA) is 46.9 Å². The maximum Gasteiger partial charge on any atom is 0.270 e. The van der Waals surface area contributed by atoms with Crippen molar-refractivity contribution in [2.45, 2.75) is 19.8 Å². The number of hydrogen-bond acceptors (Lipinski definition) is 3. The number of hydrogen-bond donors (Lipinski definition) is 1. The van der Waals surface area contributed by atoms with Gasteiger partial charge in [-0.05, 0) is 42.1 Å². The number of nitrogens with zero attached hydrogens (tertiary/aromatic N) is 2. The van der Waals surface area contributed by atoms with E-state index in [1.807, 2.05) is 17.5 Å². The number of thiophene rings is 1. The lowest BCUT2D eigenvalue weighted by molar-refractivity contribution is 0.0945. The lowest BCUT2D eigenvalue weighted by Gasteiger charge is -2.09. The maximum absolute atomic E-state index is 12.6. The number of nitrogens with one attached hydrogen (secondary N) is 1. The first-order valence-electron chi connectivity index (χ1n) is 7.97. The fourth-order valence-corrected chi connectivity index (χ4v) is 3.34. The van der Waals surface area contributed by atoms with E-state index >= 15 is 0 Å². The minimum Gasteiger partial charge on any atom is -0.351 e. The molecule has 3 rings (SSSR count). The number of carbonyl (C=O) groups is 1. The number of amides is 1. The van der Waals surface area contributed by atoms with Crippen LogP contribution in [0.2, 0.25) is 10.0 Å². The maximum atomic E-state index is 12.6. The Morgan fingerprint density at radius 2 is 2.08 bits per heavy atom. The van der Waals surface area contributed by atoms with Crippen LogP contribution in [0.15, 0.2) is 41.8 Å². The van der Waals surface area contributed by atoms with E-state index in [1.54, 1.807) is 40.3 Å². The molecule has 2 heterocycles. The molecule has 1 aromatic carbocycles. The molecule has 0 radical (unpaired) electrons. The van der Waals surface area contributed by atoms with Crippen LogP contribution in [0.25, 0.3) is 16.3 Å². The van der Waals surface area contributed by atoms with E-state index in [9.17, 15) is 4.79 Å². The van der Waals surface area contributed by atoms with Gasteiger partial charge >= 0.3 is 0 Å². The summed E-state index contributed by atoms with van der Waals surface area (Å²) in [5.41, 5.74) is 1.91. The lowest BCUT2D eigenvalue weighted by Crippen LogP contribution is -2.26. The average molecular weight is 394 g/mol. The molecule has 3 aromatic rings. The molecule has 25 heavy (non-hydrogen) atoms. The monoisotopic (exact) mass is 393 g/mol. The third-order valence-corrected chi connectivity index (χ3v) is 5.31. The average Bonchev–Trinajstić information content (AvgIpc) is 3.26. The summed E-state index contributed by atoms with van der Waals surface area (Å²) in [4.78, 5) is 13.6. The zero-order valence-electron chi connectivity index (χ0n) is 13.6. The Bertz CT molecular complexity index is 875. The number of benzene rings is 1. The second-order valence-corrected chi connectivity index (χ2v) is 7.27. The van der Waals surface area contributed by atoms with Gasteiger partial charge in [0.15, 0.2) is 0 Å². The van der Waals surface area contributed by atoms with E-state index in [4.69, 9.17) is 23.2 Å². The summed E-state index contributed by atoms with van der Waals surface area (Å²) in [7, 11) is 0. The Kier molecular flexibility index (Phi) is 5.78. The second kappa shape index (κ2) is 8.04. The van der Waals surface area contributed by atoms with Gasteiger partial charge in [0, 0.05) is 6.54 Å². The highest BCUT2D eigenvalue weighted by atomic mass is 35.5. The molecule has 0 aliphatic rings. The SMILES string of the molecule is CCCCNC(=O)c1cc(-c2cccs2)nn1-c1ccc(Cl)c(Cl)c1. The second-order valence-electron chi connectivity index (χ2n) is 5.51. The first kappa shape index (κ1) is 18.0. The van der Waals surface area contributed by atoms with Gasteiger partial charge in [-0.2, -0.15) is 5.10 Å². The number of rotatable bonds is 6. The van der Waals surface area contributed by atoms with Gasteiger partial charge in [-0.1, -0.05) is 42.6 Å². The summed E-state index contributed by atoms with van der Waals surface area (Å²) in [6.07, 6.45) is 1.96. The molecule has 0 saturated carbocycles. The predicted molar refractivity (Wildman–Crippen MR) is 104 cm³/mol. The zero-order chi connectivity index (χ0) is 17.8. The van der Waals surface area contributed by atoms with Gasteiger partial charge in [-0.3, -0.25) is 4.79 Å². The molecule has 1 N–H and O–H groups in total. The zero-order valence-corrected chi connectivity index (χ0v) is 16.0. The molecule has 0 aliphatic heterocycles. The Balaban J connectivity index is 2.02. The van der Waals surface area contributed by atoms with Crippen LogP contribution in [0.4, 0.5) is 0 Å². The molecule has 0 saturated heterocycles. The molecule has 0 spiro atoms. The molecular weight excluding hydrogens is 377 g/mol. The van der Waals surface area contributed by atoms with Gasteiger partial charge < -0.3 is 5.32 Å². The number of aromatic nitrogens is 2. The van der Waals surface area contributed by atoms with Gasteiger partial charge in [-0.15, -0.1) is 11.3 Å².